The third-order valence-corrected chi connectivity index (χ3v) is 8.16. The van der Waals surface area contributed by atoms with Gasteiger partial charge in [0.1, 0.15) is 5.75 Å². The first kappa shape index (κ1) is 22.0. The van der Waals surface area contributed by atoms with E-state index in [0.29, 0.717) is 12.0 Å². The van der Waals surface area contributed by atoms with Crippen molar-refractivity contribution in [1.29, 1.82) is 0 Å². The topological polar surface area (TPSA) is 43.4 Å². The lowest BCUT2D eigenvalue weighted by molar-refractivity contribution is 0.0897. The molecule has 0 bridgehead atoms. The lowest BCUT2D eigenvalue weighted by Gasteiger charge is -2.40. The van der Waals surface area contributed by atoms with Gasteiger partial charge in [-0.1, -0.05) is 98.6 Å². The van der Waals surface area contributed by atoms with Crippen LogP contribution in [0.5, 0.6) is 5.75 Å². The molecule has 3 unspecified atom stereocenters. The zero-order valence-electron chi connectivity index (χ0n) is 17.1. The number of hydrogen-bond acceptors (Lipinski definition) is 3. The highest BCUT2D eigenvalue weighted by Gasteiger charge is 2.51. The lowest BCUT2D eigenvalue weighted by Crippen LogP contribution is -2.47. The minimum absolute atomic E-state index is 0.0143. The molecule has 4 rings (SSSR count). The highest BCUT2D eigenvalue weighted by atomic mass is 79.9. The van der Waals surface area contributed by atoms with E-state index in [1.807, 2.05) is 66.7 Å². The fourth-order valence-electron chi connectivity index (χ4n) is 4.30. The summed E-state index contributed by atoms with van der Waals surface area (Å²) in [6.45, 7) is 0. The smallest absolute Gasteiger partial charge is 0.180 e. The summed E-state index contributed by atoms with van der Waals surface area (Å²) in [5, 5.41) is 0. The quantitative estimate of drug-likeness (QED) is 0.268. The van der Waals surface area contributed by atoms with Crippen LogP contribution >= 0.6 is 31.9 Å². The van der Waals surface area contributed by atoms with E-state index in [-0.39, 0.29) is 11.6 Å². The van der Waals surface area contributed by atoms with Crippen molar-refractivity contribution in [2.24, 2.45) is 0 Å². The molecule has 0 amide bonds. The number of Topliss-reactive ketones (excluding diaryl/α,β-unsaturated/α-hetero) is 2. The molecule has 3 aromatic carbocycles. The number of fused-ring (bicyclic) bond motifs is 1. The van der Waals surface area contributed by atoms with E-state index in [1.54, 1.807) is 19.2 Å². The third kappa shape index (κ3) is 4.13. The molecule has 0 N–H and O–H groups in total. The first-order valence-corrected chi connectivity index (χ1v) is 11.9. The van der Waals surface area contributed by atoms with Crippen LogP contribution in [-0.2, 0) is 6.42 Å². The minimum atomic E-state index is -0.908. The Morgan fingerprint density at radius 2 is 1.61 bits per heavy atom. The summed E-state index contributed by atoms with van der Waals surface area (Å²) >= 11 is 7.54. The second-order valence-electron chi connectivity index (χ2n) is 7.73. The van der Waals surface area contributed by atoms with Crippen molar-refractivity contribution in [3.05, 3.63) is 101 Å². The van der Waals surface area contributed by atoms with Gasteiger partial charge in [-0.15, -0.1) is 0 Å². The van der Waals surface area contributed by atoms with Crippen LogP contribution in [0.2, 0.25) is 0 Å². The van der Waals surface area contributed by atoms with Gasteiger partial charge >= 0.3 is 0 Å². The van der Waals surface area contributed by atoms with Crippen molar-refractivity contribution in [2.45, 2.75) is 27.9 Å². The molecular formula is C26H22Br2O3. The van der Waals surface area contributed by atoms with Crippen LogP contribution in [-0.4, -0.2) is 27.8 Å². The van der Waals surface area contributed by atoms with Crippen LogP contribution in [0.25, 0.3) is 0 Å². The Labute approximate surface area is 199 Å². The number of aryl methyl sites for hydroxylation is 1. The van der Waals surface area contributed by atoms with E-state index in [4.69, 9.17) is 4.74 Å². The van der Waals surface area contributed by atoms with Gasteiger partial charge in [0.05, 0.1) is 16.3 Å². The number of ether oxygens (including phenoxy) is 1. The Balaban J connectivity index is 1.80. The molecule has 0 saturated heterocycles. The number of methoxy groups -OCH3 is 1. The molecule has 3 nitrogen and oxygen atoms in total. The Morgan fingerprint density at radius 3 is 2.29 bits per heavy atom. The molecule has 0 saturated carbocycles. The van der Waals surface area contributed by atoms with Crippen molar-refractivity contribution >= 4 is 43.4 Å². The second-order valence-corrected chi connectivity index (χ2v) is 10.1. The predicted molar refractivity (Wildman–Crippen MR) is 130 cm³/mol. The normalized spacial score (nSPS) is 19.9. The fourth-order valence-corrected chi connectivity index (χ4v) is 6.62. The summed E-state index contributed by atoms with van der Waals surface area (Å²) < 4.78 is 4.40. The number of alkyl halides is 2. The van der Waals surface area contributed by atoms with Gasteiger partial charge in [0, 0.05) is 17.0 Å². The van der Waals surface area contributed by atoms with E-state index in [9.17, 15) is 9.59 Å². The van der Waals surface area contributed by atoms with Crippen molar-refractivity contribution < 1.29 is 14.3 Å². The lowest BCUT2D eigenvalue weighted by atomic mass is 9.71. The second kappa shape index (κ2) is 9.09. The molecule has 3 aromatic rings. The maximum Gasteiger partial charge on any atom is 0.180 e. The van der Waals surface area contributed by atoms with Crippen molar-refractivity contribution in [3.63, 3.8) is 0 Å². The Hall–Kier alpha value is -2.24. The maximum atomic E-state index is 13.7. The largest absolute Gasteiger partial charge is 0.497 e. The minimum Gasteiger partial charge on any atom is -0.497 e. The average Bonchev–Trinajstić information content (AvgIpc) is 2.82. The van der Waals surface area contributed by atoms with E-state index >= 15 is 0 Å². The van der Waals surface area contributed by atoms with Gasteiger partial charge in [-0.2, -0.15) is 0 Å². The zero-order valence-corrected chi connectivity index (χ0v) is 20.2. The molecule has 31 heavy (non-hydrogen) atoms. The number of carbonyl (C=O) groups excluding carboxylic acids is 2. The molecule has 1 aliphatic rings. The van der Waals surface area contributed by atoms with Gasteiger partial charge in [0.2, 0.25) is 0 Å². The number of halogens is 2. The monoisotopic (exact) mass is 540 g/mol. The molecule has 0 radical (unpaired) electrons. The Kier molecular flexibility index (Phi) is 6.44. The van der Waals surface area contributed by atoms with Gasteiger partial charge < -0.3 is 4.74 Å². The molecule has 0 aromatic heterocycles. The SMILES string of the molecule is COc1ccc(C(C(Br)C(=O)c2ccccc2)C2(Br)CCc3ccccc3C2=O)cc1. The molecule has 158 valence electrons. The molecular weight excluding hydrogens is 520 g/mol. The highest BCUT2D eigenvalue weighted by molar-refractivity contribution is 9.10. The van der Waals surface area contributed by atoms with Crippen LogP contribution < -0.4 is 4.74 Å². The molecule has 3 atom stereocenters. The molecule has 0 fully saturated rings. The van der Waals surface area contributed by atoms with Gasteiger partial charge in [0.15, 0.2) is 11.6 Å². The molecule has 0 spiro atoms. The number of carbonyl (C=O) groups is 2. The number of ketones is 2. The molecule has 0 heterocycles. The van der Waals surface area contributed by atoms with Gasteiger partial charge in [-0.05, 0) is 36.1 Å². The van der Waals surface area contributed by atoms with Crippen molar-refractivity contribution in [3.8, 4) is 5.75 Å². The van der Waals surface area contributed by atoms with E-state index in [0.717, 1.165) is 28.9 Å². The number of rotatable bonds is 6. The van der Waals surface area contributed by atoms with Gasteiger partial charge in [0.25, 0.3) is 0 Å². The Bertz CT molecular complexity index is 1100. The first-order valence-electron chi connectivity index (χ1n) is 10.1. The maximum absolute atomic E-state index is 13.7. The van der Waals surface area contributed by atoms with Gasteiger partial charge in [-0.25, -0.2) is 0 Å². The highest BCUT2D eigenvalue weighted by Crippen LogP contribution is 2.49. The van der Waals surface area contributed by atoms with E-state index in [2.05, 4.69) is 31.9 Å². The predicted octanol–water partition coefficient (Wildman–Crippen LogP) is 6.39. The van der Waals surface area contributed by atoms with Crippen LogP contribution in [0.4, 0.5) is 0 Å². The summed E-state index contributed by atoms with van der Waals surface area (Å²) in [4.78, 5) is 26.6. The number of hydrogen-bond donors (Lipinski definition) is 0. The standard InChI is InChI=1S/C26H22Br2O3/c1-31-20-13-11-18(12-14-20)22(23(27)24(29)19-8-3-2-4-9-19)26(28)16-15-17-7-5-6-10-21(17)25(26)30/h2-14,22-23H,15-16H2,1H3. The summed E-state index contributed by atoms with van der Waals surface area (Å²) in [5.41, 5.74) is 3.28. The number of benzene rings is 3. The molecule has 1 aliphatic carbocycles. The average molecular weight is 542 g/mol. The summed E-state index contributed by atoms with van der Waals surface area (Å²) in [6.07, 6.45) is 1.36. The van der Waals surface area contributed by atoms with Crippen LogP contribution in [0.15, 0.2) is 78.9 Å². The summed E-state index contributed by atoms with van der Waals surface area (Å²) in [5.74, 6) is 0.284. The van der Waals surface area contributed by atoms with Crippen LogP contribution in [0.1, 0.15) is 44.2 Å². The van der Waals surface area contributed by atoms with Gasteiger partial charge in [-0.3, -0.25) is 9.59 Å². The summed E-state index contributed by atoms with van der Waals surface area (Å²) in [6, 6.07) is 24.5. The van der Waals surface area contributed by atoms with Crippen molar-refractivity contribution in [2.75, 3.05) is 7.11 Å². The Morgan fingerprint density at radius 1 is 0.968 bits per heavy atom. The summed E-state index contributed by atoms with van der Waals surface area (Å²) in [7, 11) is 1.62. The van der Waals surface area contributed by atoms with E-state index in [1.165, 1.54) is 0 Å². The van der Waals surface area contributed by atoms with E-state index < -0.39 is 15.1 Å². The zero-order chi connectivity index (χ0) is 22.0. The molecule has 0 aliphatic heterocycles. The fraction of sp³-hybridized carbons (Fsp3) is 0.231. The first-order chi connectivity index (χ1) is 15.0. The van der Waals surface area contributed by atoms with Crippen LogP contribution in [0.3, 0.4) is 0 Å². The molecule has 5 heteroatoms. The van der Waals surface area contributed by atoms with Crippen molar-refractivity contribution in [1.82, 2.24) is 0 Å². The third-order valence-electron chi connectivity index (χ3n) is 5.97. The van der Waals surface area contributed by atoms with Crippen LogP contribution in [0, 0.1) is 0 Å².